The van der Waals surface area contributed by atoms with Crippen molar-refractivity contribution in [1.29, 1.82) is 0 Å². The van der Waals surface area contributed by atoms with Crippen LogP contribution >= 0.6 is 0 Å². The van der Waals surface area contributed by atoms with E-state index in [4.69, 9.17) is 0 Å². The molecule has 2 rings (SSSR count). The van der Waals surface area contributed by atoms with Gasteiger partial charge in [-0.2, -0.15) is 0 Å². The van der Waals surface area contributed by atoms with E-state index in [0.29, 0.717) is 5.91 Å². The van der Waals surface area contributed by atoms with Crippen molar-refractivity contribution >= 4 is 5.91 Å². The summed E-state index contributed by atoms with van der Waals surface area (Å²) in [5.41, 5.74) is 1.27. The van der Waals surface area contributed by atoms with Gasteiger partial charge < -0.3 is 10.2 Å². The highest BCUT2D eigenvalue weighted by Crippen LogP contribution is 2.18. The number of piperidine rings is 1. The zero-order valence-corrected chi connectivity index (χ0v) is 11.8. The van der Waals surface area contributed by atoms with E-state index in [0.717, 1.165) is 45.3 Å². The van der Waals surface area contributed by atoms with Crippen molar-refractivity contribution in [2.45, 2.75) is 38.6 Å². The van der Waals surface area contributed by atoms with Crippen LogP contribution in [0, 0.1) is 0 Å². The van der Waals surface area contributed by atoms with Gasteiger partial charge >= 0.3 is 0 Å². The molecular weight excluding hydrogens is 236 g/mol. The van der Waals surface area contributed by atoms with Gasteiger partial charge in [0.25, 0.3) is 0 Å². The van der Waals surface area contributed by atoms with Gasteiger partial charge in [0.15, 0.2) is 0 Å². The highest BCUT2D eigenvalue weighted by Gasteiger charge is 2.22. The Morgan fingerprint density at radius 2 is 2.05 bits per heavy atom. The van der Waals surface area contributed by atoms with Crippen molar-refractivity contribution in [3.05, 3.63) is 35.9 Å². The highest BCUT2D eigenvalue weighted by molar-refractivity contribution is 5.76. The molecule has 1 aromatic rings. The van der Waals surface area contributed by atoms with Gasteiger partial charge in [0.2, 0.25) is 5.91 Å². The third kappa shape index (κ3) is 4.06. The number of benzene rings is 1. The van der Waals surface area contributed by atoms with Crippen LogP contribution in [0.15, 0.2) is 30.3 Å². The van der Waals surface area contributed by atoms with Gasteiger partial charge in [-0.3, -0.25) is 4.79 Å². The Hall–Kier alpha value is -1.35. The van der Waals surface area contributed by atoms with E-state index in [1.807, 2.05) is 11.0 Å². The molecule has 1 atom stereocenters. The van der Waals surface area contributed by atoms with Gasteiger partial charge in [-0.25, -0.2) is 0 Å². The zero-order valence-electron chi connectivity index (χ0n) is 11.8. The Morgan fingerprint density at radius 1 is 1.26 bits per heavy atom. The molecule has 1 aromatic carbocycles. The normalized spacial score (nSPS) is 17.5. The summed E-state index contributed by atoms with van der Waals surface area (Å²) in [4.78, 5) is 14.0. The maximum absolute atomic E-state index is 11.9. The second-order valence-electron chi connectivity index (χ2n) is 5.21. The average Bonchev–Trinajstić information content (AvgIpc) is 2.46. The van der Waals surface area contributed by atoms with E-state index in [9.17, 15) is 4.79 Å². The fourth-order valence-electron chi connectivity index (χ4n) is 2.57. The quantitative estimate of drug-likeness (QED) is 0.853. The molecule has 0 spiro atoms. The molecule has 0 saturated carbocycles. The molecule has 1 aliphatic heterocycles. The monoisotopic (exact) mass is 260 g/mol. The SMILES string of the molecule is CCCNC(CN1CCCCC1=O)c1ccccc1. The number of nitrogens with zero attached hydrogens (tertiary/aromatic N) is 1. The molecule has 0 aliphatic carbocycles. The lowest BCUT2D eigenvalue weighted by molar-refractivity contribution is -0.133. The molecule has 1 fully saturated rings. The number of hydrogen-bond donors (Lipinski definition) is 1. The summed E-state index contributed by atoms with van der Waals surface area (Å²) in [6.45, 7) is 4.86. The van der Waals surface area contributed by atoms with Crippen molar-refractivity contribution in [2.75, 3.05) is 19.6 Å². The topological polar surface area (TPSA) is 32.3 Å². The molecule has 1 saturated heterocycles. The second kappa shape index (κ2) is 7.29. The molecule has 1 aliphatic rings. The van der Waals surface area contributed by atoms with Crippen LogP contribution in [0.5, 0.6) is 0 Å². The van der Waals surface area contributed by atoms with E-state index < -0.39 is 0 Å². The first-order valence-electron chi connectivity index (χ1n) is 7.37. The first kappa shape index (κ1) is 14.1. The summed E-state index contributed by atoms with van der Waals surface area (Å²) in [5, 5.41) is 3.56. The van der Waals surface area contributed by atoms with Gasteiger partial charge in [-0.05, 0) is 31.4 Å². The van der Waals surface area contributed by atoms with Crippen LogP contribution in [0.25, 0.3) is 0 Å². The standard InChI is InChI=1S/C16H24N2O/c1-2-11-17-15(14-8-4-3-5-9-14)13-18-12-7-6-10-16(18)19/h3-5,8-9,15,17H,2,6-7,10-13H2,1H3. The molecular formula is C16H24N2O. The van der Waals surface area contributed by atoms with Crippen molar-refractivity contribution in [3.63, 3.8) is 0 Å². The summed E-state index contributed by atoms with van der Waals surface area (Å²) in [6.07, 6.45) is 4.02. The minimum absolute atomic E-state index is 0.253. The number of likely N-dealkylation sites (tertiary alicyclic amines) is 1. The van der Waals surface area contributed by atoms with Crippen LogP contribution < -0.4 is 5.32 Å². The van der Waals surface area contributed by atoms with Gasteiger partial charge in [-0.1, -0.05) is 37.3 Å². The zero-order chi connectivity index (χ0) is 13.5. The highest BCUT2D eigenvalue weighted by atomic mass is 16.2. The smallest absolute Gasteiger partial charge is 0.222 e. The fourth-order valence-corrected chi connectivity index (χ4v) is 2.57. The summed E-state index contributed by atoms with van der Waals surface area (Å²) in [6, 6.07) is 10.7. The molecule has 1 heterocycles. The number of nitrogens with one attached hydrogen (secondary N) is 1. The lowest BCUT2D eigenvalue weighted by atomic mass is 10.0. The first-order valence-corrected chi connectivity index (χ1v) is 7.37. The number of hydrogen-bond acceptors (Lipinski definition) is 2. The Kier molecular flexibility index (Phi) is 5.40. The molecule has 1 amide bonds. The molecule has 1 N–H and O–H groups in total. The molecule has 1 unspecified atom stereocenters. The van der Waals surface area contributed by atoms with Crippen LogP contribution in [0.1, 0.15) is 44.2 Å². The van der Waals surface area contributed by atoms with Crippen LogP contribution in [-0.4, -0.2) is 30.4 Å². The van der Waals surface area contributed by atoms with Crippen LogP contribution in [0.3, 0.4) is 0 Å². The molecule has 104 valence electrons. The maximum atomic E-state index is 11.9. The number of rotatable bonds is 6. The summed E-state index contributed by atoms with van der Waals surface area (Å²) in [5.74, 6) is 0.311. The number of carbonyl (C=O) groups is 1. The Bertz CT molecular complexity index is 391. The van der Waals surface area contributed by atoms with E-state index in [1.165, 1.54) is 5.56 Å². The van der Waals surface area contributed by atoms with Gasteiger partial charge in [-0.15, -0.1) is 0 Å². The Morgan fingerprint density at radius 3 is 2.74 bits per heavy atom. The predicted molar refractivity (Wildman–Crippen MR) is 77.9 cm³/mol. The van der Waals surface area contributed by atoms with Gasteiger partial charge in [0, 0.05) is 25.6 Å². The van der Waals surface area contributed by atoms with Gasteiger partial charge in [0.05, 0.1) is 0 Å². The van der Waals surface area contributed by atoms with Crippen molar-refractivity contribution < 1.29 is 4.79 Å². The second-order valence-corrected chi connectivity index (χ2v) is 5.21. The van der Waals surface area contributed by atoms with Gasteiger partial charge in [0.1, 0.15) is 0 Å². The Labute approximate surface area is 116 Å². The molecule has 0 bridgehead atoms. The third-order valence-electron chi connectivity index (χ3n) is 3.67. The number of amides is 1. The summed E-state index contributed by atoms with van der Waals surface area (Å²) in [7, 11) is 0. The Balaban J connectivity index is 2.03. The first-order chi connectivity index (χ1) is 9.31. The molecule has 3 heteroatoms. The third-order valence-corrected chi connectivity index (χ3v) is 3.67. The van der Waals surface area contributed by atoms with Crippen molar-refractivity contribution in [1.82, 2.24) is 10.2 Å². The van der Waals surface area contributed by atoms with E-state index in [1.54, 1.807) is 0 Å². The van der Waals surface area contributed by atoms with Crippen LogP contribution in [-0.2, 0) is 4.79 Å². The minimum atomic E-state index is 0.253. The van der Waals surface area contributed by atoms with Crippen LogP contribution in [0.4, 0.5) is 0 Å². The predicted octanol–water partition coefficient (Wildman–Crippen LogP) is 2.74. The van der Waals surface area contributed by atoms with E-state index >= 15 is 0 Å². The largest absolute Gasteiger partial charge is 0.341 e. The molecule has 19 heavy (non-hydrogen) atoms. The van der Waals surface area contributed by atoms with E-state index in [2.05, 4.69) is 36.5 Å². The number of carbonyl (C=O) groups excluding carboxylic acids is 1. The lowest BCUT2D eigenvalue weighted by Gasteiger charge is -2.31. The summed E-state index contributed by atoms with van der Waals surface area (Å²) >= 11 is 0. The van der Waals surface area contributed by atoms with E-state index in [-0.39, 0.29) is 6.04 Å². The fraction of sp³-hybridized carbons (Fsp3) is 0.562. The minimum Gasteiger partial charge on any atom is -0.341 e. The van der Waals surface area contributed by atoms with Crippen molar-refractivity contribution in [3.8, 4) is 0 Å². The van der Waals surface area contributed by atoms with Crippen LogP contribution in [0.2, 0.25) is 0 Å². The lowest BCUT2D eigenvalue weighted by Crippen LogP contribution is -2.41. The molecule has 0 radical (unpaired) electrons. The summed E-state index contributed by atoms with van der Waals surface area (Å²) < 4.78 is 0. The average molecular weight is 260 g/mol. The maximum Gasteiger partial charge on any atom is 0.222 e. The van der Waals surface area contributed by atoms with Crippen molar-refractivity contribution in [2.24, 2.45) is 0 Å². The molecule has 3 nitrogen and oxygen atoms in total. The molecule has 0 aromatic heterocycles.